The number of nitrogens with zero attached hydrogens (tertiary/aromatic N) is 2. The zero-order valence-electron chi connectivity index (χ0n) is 13.5. The summed E-state index contributed by atoms with van der Waals surface area (Å²) in [4.78, 5) is 4.83. The molecule has 0 unspecified atom stereocenters. The third-order valence-corrected chi connectivity index (χ3v) is 3.52. The molecule has 0 radical (unpaired) electrons. The maximum absolute atomic E-state index is 4.83. The second-order valence-corrected chi connectivity index (χ2v) is 7.75. The largest absolute Gasteiger partial charge is 0.252 e. The fourth-order valence-corrected chi connectivity index (χ4v) is 2.49. The molecule has 0 amide bonds. The van der Waals surface area contributed by atoms with Crippen LogP contribution in [0.2, 0.25) is 0 Å². The van der Waals surface area contributed by atoms with Gasteiger partial charge in [0.1, 0.15) is 5.70 Å². The minimum atomic E-state index is 0.0920. The average molecular weight is 259 g/mol. The molecular formula is C17H27N2+. The molecule has 0 aromatic carbocycles. The van der Waals surface area contributed by atoms with Crippen LogP contribution in [0.1, 0.15) is 61.3 Å². The van der Waals surface area contributed by atoms with Crippen LogP contribution in [0.25, 0.3) is 0 Å². The van der Waals surface area contributed by atoms with Crippen LogP contribution < -0.4 is 0 Å². The molecule has 2 nitrogen and oxygen atoms in total. The van der Waals surface area contributed by atoms with Crippen molar-refractivity contribution in [2.75, 3.05) is 0 Å². The minimum Gasteiger partial charge on any atom is -0.200 e. The van der Waals surface area contributed by atoms with Gasteiger partial charge in [-0.25, -0.2) is 0 Å². The molecular weight excluding hydrogens is 232 g/mol. The average Bonchev–Trinajstić information content (AvgIpc) is 2.10. The van der Waals surface area contributed by atoms with Crippen molar-refractivity contribution in [2.45, 2.75) is 61.3 Å². The number of allylic oxidation sites excluding steroid dienone is 3. The third-order valence-electron chi connectivity index (χ3n) is 3.52. The third kappa shape index (κ3) is 2.72. The van der Waals surface area contributed by atoms with Crippen LogP contribution in [-0.2, 0) is 0 Å². The van der Waals surface area contributed by atoms with Crippen molar-refractivity contribution in [3.05, 3.63) is 23.4 Å². The second kappa shape index (κ2) is 4.43. The highest BCUT2D eigenvalue weighted by molar-refractivity contribution is 6.05. The van der Waals surface area contributed by atoms with Gasteiger partial charge in [-0.05, 0) is 31.9 Å². The summed E-state index contributed by atoms with van der Waals surface area (Å²) in [5.41, 5.74) is 2.96. The van der Waals surface area contributed by atoms with E-state index in [0.717, 1.165) is 6.42 Å². The van der Waals surface area contributed by atoms with E-state index in [2.05, 4.69) is 65.2 Å². The first-order valence-electron chi connectivity index (χ1n) is 7.25. The molecule has 1 aliphatic carbocycles. The highest BCUT2D eigenvalue weighted by Crippen LogP contribution is 2.32. The van der Waals surface area contributed by atoms with Crippen molar-refractivity contribution < 1.29 is 4.58 Å². The van der Waals surface area contributed by atoms with Crippen LogP contribution in [0.15, 0.2) is 28.4 Å². The van der Waals surface area contributed by atoms with Gasteiger partial charge in [0.25, 0.3) is 11.7 Å². The fraction of sp³-hybridized carbons (Fsp3) is 0.647. The predicted molar refractivity (Wildman–Crippen MR) is 82.7 cm³/mol. The summed E-state index contributed by atoms with van der Waals surface area (Å²) >= 11 is 0. The summed E-state index contributed by atoms with van der Waals surface area (Å²) in [6.07, 6.45) is 6.99. The van der Waals surface area contributed by atoms with E-state index in [1.54, 1.807) is 0 Å². The normalized spacial score (nSPS) is 20.7. The summed E-state index contributed by atoms with van der Waals surface area (Å²) < 4.78 is 2.38. The van der Waals surface area contributed by atoms with E-state index in [1.165, 1.54) is 29.4 Å². The van der Waals surface area contributed by atoms with Crippen molar-refractivity contribution >= 4 is 11.7 Å². The van der Waals surface area contributed by atoms with Crippen LogP contribution in [-0.4, -0.2) is 16.2 Å². The quantitative estimate of drug-likeness (QED) is 0.615. The highest BCUT2D eigenvalue weighted by atomic mass is 15.3. The van der Waals surface area contributed by atoms with E-state index in [1.807, 2.05) is 0 Å². The predicted octanol–water partition coefficient (Wildman–Crippen LogP) is 4.53. The first-order chi connectivity index (χ1) is 8.60. The van der Waals surface area contributed by atoms with Gasteiger partial charge < -0.3 is 0 Å². The number of hydrogen-bond acceptors (Lipinski definition) is 1. The van der Waals surface area contributed by atoms with Crippen molar-refractivity contribution in [1.29, 1.82) is 0 Å². The van der Waals surface area contributed by atoms with Crippen LogP contribution in [0.5, 0.6) is 0 Å². The topological polar surface area (TPSA) is 15.4 Å². The van der Waals surface area contributed by atoms with E-state index in [0.29, 0.717) is 0 Å². The molecule has 2 heteroatoms. The lowest BCUT2D eigenvalue weighted by molar-refractivity contribution is -0.373. The van der Waals surface area contributed by atoms with Gasteiger partial charge in [-0.15, -0.1) is 0 Å². The monoisotopic (exact) mass is 259 g/mol. The van der Waals surface area contributed by atoms with Gasteiger partial charge in [0.05, 0.1) is 10.8 Å². The molecule has 19 heavy (non-hydrogen) atoms. The van der Waals surface area contributed by atoms with E-state index in [4.69, 9.17) is 4.99 Å². The Morgan fingerprint density at radius 3 is 2.16 bits per heavy atom. The second-order valence-electron chi connectivity index (χ2n) is 7.75. The Morgan fingerprint density at radius 2 is 1.68 bits per heavy atom. The Bertz CT molecular complexity index is 514. The molecule has 0 saturated heterocycles. The summed E-state index contributed by atoms with van der Waals surface area (Å²) in [6.45, 7) is 15.6. The Balaban J connectivity index is 2.45. The number of aliphatic imine (C=N–C) groups is 1. The molecule has 0 saturated carbocycles. The lowest BCUT2D eigenvalue weighted by Gasteiger charge is -2.32. The van der Waals surface area contributed by atoms with Crippen molar-refractivity contribution in [3.63, 3.8) is 0 Å². The molecule has 0 bridgehead atoms. The van der Waals surface area contributed by atoms with Gasteiger partial charge in [0.2, 0.25) is 0 Å². The number of amidine groups is 2. The van der Waals surface area contributed by atoms with E-state index in [9.17, 15) is 0 Å². The van der Waals surface area contributed by atoms with Gasteiger partial charge in [-0.1, -0.05) is 52.1 Å². The van der Waals surface area contributed by atoms with Gasteiger partial charge in [-0.2, -0.15) is 4.58 Å². The smallest absolute Gasteiger partial charge is 0.200 e. The molecule has 0 N–H and O–H groups in total. The van der Waals surface area contributed by atoms with Crippen molar-refractivity contribution in [2.24, 2.45) is 15.8 Å². The summed E-state index contributed by atoms with van der Waals surface area (Å²) in [6, 6.07) is 0. The summed E-state index contributed by atoms with van der Waals surface area (Å²) in [5, 5.41) is 0. The Hall–Kier alpha value is -1.18. The molecule has 104 valence electrons. The van der Waals surface area contributed by atoms with E-state index >= 15 is 0 Å². The van der Waals surface area contributed by atoms with Crippen LogP contribution in [0, 0.1) is 10.8 Å². The maximum atomic E-state index is 4.83. The first kappa shape index (κ1) is 14.2. The van der Waals surface area contributed by atoms with Crippen molar-refractivity contribution in [1.82, 2.24) is 0 Å². The maximum Gasteiger partial charge on any atom is 0.252 e. The minimum absolute atomic E-state index is 0.0920. The molecule has 0 aromatic rings. The molecule has 1 heterocycles. The van der Waals surface area contributed by atoms with Crippen LogP contribution >= 0.6 is 0 Å². The first-order valence-corrected chi connectivity index (χ1v) is 7.25. The number of rotatable bonds is 1. The lowest BCUT2D eigenvalue weighted by atomic mass is 9.87. The Labute approximate surface area is 117 Å². The molecule has 2 aliphatic rings. The van der Waals surface area contributed by atoms with Gasteiger partial charge in [0, 0.05) is 0 Å². The zero-order valence-corrected chi connectivity index (χ0v) is 13.5. The molecule has 0 atom stereocenters. The summed E-state index contributed by atoms with van der Waals surface area (Å²) in [7, 11) is 0. The van der Waals surface area contributed by atoms with E-state index in [-0.39, 0.29) is 10.8 Å². The molecule has 0 fully saturated rings. The Kier molecular flexibility index (Phi) is 3.32. The molecule has 0 spiro atoms. The lowest BCUT2D eigenvalue weighted by Crippen LogP contribution is -2.47. The number of hydrogen-bond donors (Lipinski definition) is 0. The van der Waals surface area contributed by atoms with Crippen LogP contribution in [0.3, 0.4) is 0 Å². The SMILES string of the molecule is CC1=CC([N+]2=C(C(C)(C)C)N=C2C(C)(C)C)=CCC1. The fourth-order valence-electron chi connectivity index (χ4n) is 2.49. The van der Waals surface area contributed by atoms with E-state index < -0.39 is 0 Å². The zero-order chi connectivity index (χ0) is 14.4. The standard InChI is InChI=1S/C17H27N2/c1-12-9-8-10-13(11-12)19-14(16(2,3)4)18-15(19)17(5,6)7/h10-11H,8-9H2,1-7H3/q+1. The Morgan fingerprint density at radius 1 is 1.05 bits per heavy atom. The van der Waals surface area contributed by atoms with Gasteiger partial charge >= 0.3 is 0 Å². The summed E-state index contributed by atoms with van der Waals surface area (Å²) in [5.74, 6) is 2.38. The van der Waals surface area contributed by atoms with Crippen molar-refractivity contribution in [3.8, 4) is 0 Å². The van der Waals surface area contributed by atoms with Gasteiger partial charge in [0.15, 0.2) is 0 Å². The molecule has 0 aromatic heterocycles. The highest BCUT2D eigenvalue weighted by Gasteiger charge is 2.44. The molecule has 1 aliphatic heterocycles. The van der Waals surface area contributed by atoms with Crippen LogP contribution in [0.4, 0.5) is 0 Å². The molecule has 2 rings (SSSR count). The van der Waals surface area contributed by atoms with Gasteiger partial charge in [-0.3, -0.25) is 0 Å².